The number of hydrogen-bond acceptors (Lipinski definition) is 2. The van der Waals surface area contributed by atoms with Crippen LogP contribution in [0, 0.1) is 5.41 Å². The molecule has 1 unspecified atom stereocenters. The Morgan fingerprint density at radius 3 is 2.22 bits per heavy atom. The standard InChI is InChI=1S/C16H25NO/c1-4-5-13-6-8-14(9-7-13)15(17(2)3)16(12-18)10-11-16/h6-9,15,18H,4-5,10-12H2,1-3H3. The third-order valence-corrected chi connectivity index (χ3v) is 4.14. The molecule has 2 nitrogen and oxygen atoms in total. The number of nitrogens with zero attached hydrogens (tertiary/aromatic N) is 1. The summed E-state index contributed by atoms with van der Waals surface area (Å²) in [5.41, 5.74) is 2.86. The molecule has 1 aliphatic rings. The zero-order valence-electron chi connectivity index (χ0n) is 11.8. The molecule has 18 heavy (non-hydrogen) atoms. The van der Waals surface area contributed by atoms with Gasteiger partial charge in [-0.05, 0) is 44.5 Å². The van der Waals surface area contributed by atoms with E-state index in [1.807, 2.05) is 0 Å². The summed E-state index contributed by atoms with van der Waals surface area (Å²) in [5, 5.41) is 9.65. The third-order valence-electron chi connectivity index (χ3n) is 4.14. The van der Waals surface area contributed by atoms with Crippen LogP contribution in [0.4, 0.5) is 0 Å². The Labute approximate surface area is 111 Å². The molecule has 0 saturated heterocycles. The molecular formula is C16H25NO. The molecule has 0 bridgehead atoms. The van der Waals surface area contributed by atoms with E-state index in [2.05, 4.69) is 50.2 Å². The van der Waals surface area contributed by atoms with Crippen LogP contribution >= 0.6 is 0 Å². The van der Waals surface area contributed by atoms with Crippen molar-refractivity contribution in [1.29, 1.82) is 0 Å². The van der Waals surface area contributed by atoms with E-state index in [-0.39, 0.29) is 5.41 Å². The van der Waals surface area contributed by atoms with Crippen LogP contribution in [0.1, 0.15) is 43.4 Å². The molecule has 2 rings (SSSR count). The van der Waals surface area contributed by atoms with E-state index in [1.54, 1.807) is 0 Å². The minimum absolute atomic E-state index is 0.107. The second kappa shape index (κ2) is 5.41. The summed E-state index contributed by atoms with van der Waals surface area (Å²) in [4.78, 5) is 2.25. The zero-order chi connectivity index (χ0) is 13.2. The van der Waals surface area contributed by atoms with Crippen molar-refractivity contribution >= 4 is 0 Å². The highest BCUT2D eigenvalue weighted by Gasteiger charge is 2.50. The van der Waals surface area contributed by atoms with Gasteiger partial charge in [0.2, 0.25) is 0 Å². The van der Waals surface area contributed by atoms with Gasteiger partial charge in [-0.15, -0.1) is 0 Å². The van der Waals surface area contributed by atoms with Crippen molar-refractivity contribution in [3.8, 4) is 0 Å². The van der Waals surface area contributed by atoms with E-state index in [0.29, 0.717) is 12.6 Å². The molecule has 0 spiro atoms. The summed E-state index contributed by atoms with van der Waals surface area (Å²) in [7, 11) is 4.22. The van der Waals surface area contributed by atoms with Crippen molar-refractivity contribution in [3.05, 3.63) is 35.4 Å². The SMILES string of the molecule is CCCc1ccc(C(N(C)C)C2(CO)CC2)cc1. The molecule has 2 heteroatoms. The molecule has 1 aromatic carbocycles. The Morgan fingerprint density at radius 1 is 1.22 bits per heavy atom. The fraction of sp³-hybridized carbons (Fsp3) is 0.625. The number of aryl methyl sites for hydroxylation is 1. The molecule has 0 aliphatic heterocycles. The second-order valence-electron chi connectivity index (χ2n) is 5.88. The predicted molar refractivity (Wildman–Crippen MR) is 75.6 cm³/mol. The van der Waals surface area contributed by atoms with E-state index < -0.39 is 0 Å². The predicted octanol–water partition coefficient (Wildman–Crippen LogP) is 3.01. The summed E-state index contributed by atoms with van der Waals surface area (Å²) >= 11 is 0. The van der Waals surface area contributed by atoms with Gasteiger partial charge in [-0.3, -0.25) is 0 Å². The molecule has 1 atom stereocenters. The van der Waals surface area contributed by atoms with Crippen LogP contribution in [0.3, 0.4) is 0 Å². The molecule has 0 heterocycles. The average molecular weight is 247 g/mol. The Morgan fingerprint density at radius 2 is 1.83 bits per heavy atom. The first-order valence-corrected chi connectivity index (χ1v) is 6.99. The highest BCUT2D eigenvalue weighted by atomic mass is 16.3. The summed E-state index contributed by atoms with van der Waals surface area (Å²) in [5.74, 6) is 0. The average Bonchev–Trinajstić information content (AvgIpc) is 3.13. The van der Waals surface area contributed by atoms with Gasteiger partial charge in [-0.1, -0.05) is 37.6 Å². The largest absolute Gasteiger partial charge is 0.396 e. The van der Waals surface area contributed by atoms with Gasteiger partial charge in [-0.2, -0.15) is 0 Å². The topological polar surface area (TPSA) is 23.5 Å². The highest BCUT2D eigenvalue weighted by molar-refractivity contribution is 5.28. The van der Waals surface area contributed by atoms with Crippen LogP contribution in [0.2, 0.25) is 0 Å². The van der Waals surface area contributed by atoms with Gasteiger partial charge in [0.05, 0.1) is 6.61 Å². The maximum absolute atomic E-state index is 9.65. The lowest BCUT2D eigenvalue weighted by Crippen LogP contribution is -2.30. The van der Waals surface area contributed by atoms with Crippen molar-refractivity contribution in [1.82, 2.24) is 4.90 Å². The van der Waals surface area contributed by atoms with Gasteiger partial charge in [0.25, 0.3) is 0 Å². The van der Waals surface area contributed by atoms with Crippen molar-refractivity contribution in [2.45, 2.75) is 38.6 Å². The first kappa shape index (κ1) is 13.6. The number of aliphatic hydroxyl groups excluding tert-OH is 1. The molecular weight excluding hydrogens is 222 g/mol. The third kappa shape index (κ3) is 2.60. The molecule has 0 amide bonds. The maximum atomic E-state index is 9.65. The minimum atomic E-state index is 0.107. The summed E-state index contributed by atoms with van der Waals surface area (Å²) in [6, 6.07) is 9.31. The van der Waals surface area contributed by atoms with E-state index in [0.717, 1.165) is 19.3 Å². The van der Waals surface area contributed by atoms with Gasteiger partial charge < -0.3 is 10.0 Å². The van der Waals surface area contributed by atoms with E-state index in [4.69, 9.17) is 0 Å². The maximum Gasteiger partial charge on any atom is 0.0505 e. The van der Waals surface area contributed by atoms with Gasteiger partial charge in [-0.25, -0.2) is 0 Å². The summed E-state index contributed by atoms with van der Waals surface area (Å²) in [6.07, 6.45) is 4.63. The number of benzene rings is 1. The minimum Gasteiger partial charge on any atom is -0.396 e. The molecule has 1 saturated carbocycles. The Balaban J connectivity index is 2.21. The van der Waals surface area contributed by atoms with Gasteiger partial charge >= 0.3 is 0 Å². The first-order chi connectivity index (χ1) is 8.63. The zero-order valence-corrected chi connectivity index (χ0v) is 11.8. The van der Waals surface area contributed by atoms with Crippen LogP contribution in [0.15, 0.2) is 24.3 Å². The van der Waals surface area contributed by atoms with E-state index in [1.165, 1.54) is 17.5 Å². The van der Waals surface area contributed by atoms with Gasteiger partial charge in [0.15, 0.2) is 0 Å². The lowest BCUT2D eigenvalue weighted by molar-refractivity contribution is 0.115. The molecule has 0 aromatic heterocycles. The van der Waals surface area contributed by atoms with Crippen LogP contribution < -0.4 is 0 Å². The Bertz CT molecular complexity index is 379. The Hall–Kier alpha value is -0.860. The molecule has 1 fully saturated rings. The van der Waals surface area contributed by atoms with Crippen molar-refractivity contribution in [3.63, 3.8) is 0 Å². The monoisotopic (exact) mass is 247 g/mol. The smallest absolute Gasteiger partial charge is 0.0505 e. The van der Waals surface area contributed by atoms with E-state index in [9.17, 15) is 5.11 Å². The molecule has 100 valence electrons. The summed E-state index contributed by atoms with van der Waals surface area (Å²) < 4.78 is 0. The van der Waals surface area contributed by atoms with Crippen molar-refractivity contribution in [2.75, 3.05) is 20.7 Å². The Kier molecular flexibility index (Phi) is 4.08. The summed E-state index contributed by atoms with van der Waals surface area (Å²) in [6.45, 7) is 2.51. The first-order valence-electron chi connectivity index (χ1n) is 6.99. The van der Waals surface area contributed by atoms with Crippen LogP contribution in [0.25, 0.3) is 0 Å². The molecule has 0 radical (unpaired) electrons. The number of rotatable bonds is 6. The molecule has 1 aromatic rings. The quantitative estimate of drug-likeness (QED) is 0.835. The number of aliphatic hydroxyl groups is 1. The molecule has 1 aliphatic carbocycles. The highest BCUT2D eigenvalue weighted by Crippen LogP contribution is 2.56. The van der Waals surface area contributed by atoms with Gasteiger partial charge in [0, 0.05) is 11.5 Å². The normalized spacial score (nSPS) is 18.9. The number of hydrogen-bond donors (Lipinski definition) is 1. The van der Waals surface area contributed by atoms with Crippen molar-refractivity contribution < 1.29 is 5.11 Å². The fourth-order valence-electron chi connectivity index (χ4n) is 3.03. The van der Waals surface area contributed by atoms with E-state index >= 15 is 0 Å². The lowest BCUT2D eigenvalue weighted by Gasteiger charge is -2.32. The van der Waals surface area contributed by atoms with Crippen LogP contribution in [0.5, 0.6) is 0 Å². The van der Waals surface area contributed by atoms with Crippen LogP contribution in [-0.2, 0) is 6.42 Å². The van der Waals surface area contributed by atoms with Crippen LogP contribution in [-0.4, -0.2) is 30.7 Å². The van der Waals surface area contributed by atoms with Gasteiger partial charge in [0.1, 0.15) is 0 Å². The molecule has 1 N–H and O–H groups in total. The lowest BCUT2D eigenvalue weighted by atomic mass is 9.89. The second-order valence-corrected chi connectivity index (χ2v) is 5.88. The fourth-order valence-corrected chi connectivity index (χ4v) is 3.03. The van der Waals surface area contributed by atoms with Crippen molar-refractivity contribution in [2.24, 2.45) is 5.41 Å².